The fourth-order valence-corrected chi connectivity index (χ4v) is 2.63. The Labute approximate surface area is 122 Å². The van der Waals surface area contributed by atoms with Gasteiger partial charge in [-0.25, -0.2) is 0 Å². The van der Waals surface area contributed by atoms with E-state index in [0.29, 0.717) is 0 Å². The van der Waals surface area contributed by atoms with Gasteiger partial charge in [-0.05, 0) is 50.5 Å². The van der Waals surface area contributed by atoms with Crippen LogP contribution in [-0.2, 0) is 6.42 Å². The minimum atomic E-state index is -0.306. The number of benzene rings is 1. The Morgan fingerprint density at radius 1 is 1.15 bits per heavy atom. The lowest BCUT2D eigenvalue weighted by atomic mass is 9.85. The SMILES string of the molecule is CCN(CC)c1ccc(CC2(N)C=CC(N)=CC2)cc1. The van der Waals surface area contributed by atoms with Gasteiger partial charge in [0.25, 0.3) is 0 Å². The highest BCUT2D eigenvalue weighted by atomic mass is 15.1. The van der Waals surface area contributed by atoms with Crippen molar-refractivity contribution in [2.75, 3.05) is 18.0 Å². The molecule has 4 N–H and O–H groups in total. The summed E-state index contributed by atoms with van der Waals surface area (Å²) in [5.74, 6) is 0. The molecule has 108 valence electrons. The van der Waals surface area contributed by atoms with Crippen LogP contribution < -0.4 is 16.4 Å². The monoisotopic (exact) mass is 271 g/mol. The summed E-state index contributed by atoms with van der Waals surface area (Å²) < 4.78 is 0. The van der Waals surface area contributed by atoms with Gasteiger partial charge in [0.2, 0.25) is 0 Å². The first-order valence-corrected chi connectivity index (χ1v) is 7.34. The molecule has 0 amide bonds. The van der Waals surface area contributed by atoms with E-state index in [0.717, 1.165) is 31.6 Å². The second-order valence-electron chi connectivity index (χ2n) is 5.49. The van der Waals surface area contributed by atoms with Crippen LogP contribution in [0.4, 0.5) is 5.69 Å². The van der Waals surface area contributed by atoms with Gasteiger partial charge in [0.15, 0.2) is 0 Å². The maximum Gasteiger partial charge on any atom is 0.0419 e. The standard InChI is InChI=1S/C17H25N3/c1-3-20(4-2)16-7-5-14(6-8-16)13-17(19)11-9-15(18)10-12-17/h5-11H,3-4,12-13,18-19H2,1-2H3. The van der Waals surface area contributed by atoms with E-state index in [1.54, 1.807) is 0 Å². The molecule has 0 fully saturated rings. The Morgan fingerprint density at radius 3 is 2.30 bits per heavy atom. The van der Waals surface area contributed by atoms with E-state index in [4.69, 9.17) is 11.5 Å². The molecule has 1 aliphatic carbocycles. The number of hydrogen-bond donors (Lipinski definition) is 2. The fraction of sp³-hybridized carbons (Fsp3) is 0.412. The van der Waals surface area contributed by atoms with Crippen molar-refractivity contribution in [3.05, 3.63) is 53.8 Å². The molecular weight excluding hydrogens is 246 g/mol. The van der Waals surface area contributed by atoms with Crippen LogP contribution in [0.3, 0.4) is 0 Å². The number of nitrogens with zero attached hydrogens (tertiary/aromatic N) is 1. The molecule has 0 aliphatic heterocycles. The zero-order chi connectivity index (χ0) is 14.6. The summed E-state index contributed by atoms with van der Waals surface area (Å²) >= 11 is 0. The molecule has 1 atom stereocenters. The van der Waals surface area contributed by atoms with E-state index < -0.39 is 0 Å². The summed E-state index contributed by atoms with van der Waals surface area (Å²) in [6.07, 6.45) is 7.58. The van der Waals surface area contributed by atoms with Gasteiger partial charge in [0.05, 0.1) is 0 Å². The van der Waals surface area contributed by atoms with Crippen molar-refractivity contribution in [2.45, 2.75) is 32.2 Å². The van der Waals surface area contributed by atoms with Gasteiger partial charge < -0.3 is 16.4 Å². The molecule has 0 spiro atoms. The average Bonchev–Trinajstić information content (AvgIpc) is 2.46. The fourth-order valence-electron chi connectivity index (χ4n) is 2.63. The summed E-state index contributed by atoms with van der Waals surface area (Å²) in [4.78, 5) is 2.34. The number of hydrogen-bond acceptors (Lipinski definition) is 3. The van der Waals surface area contributed by atoms with Crippen LogP contribution in [0.15, 0.2) is 48.2 Å². The number of nitrogens with two attached hydrogens (primary N) is 2. The van der Waals surface area contributed by atoms with E-state index >= 15 is 0 Å². The van der Waals surface area contributed by atoms with Crippen LogP contribution in [0.25, 0.3) is 0 Å². The predicted octanol–water partition coefficient (Wildman–Crippen LogP) is 2.58. The second-order valence-corrected chi connectivity index (χ2v) is 5.49. The quantitative estimate of drug-likeness (QED) is 0.865. The highest BCUT2D eigenvalue weighted by molar-refractivity contribution is 5.47. The topological polar surface area (TPSA) is 55.3 Å². The lowest BCUT2D eigenvalue weighted by Crippen LogP contribution is -2.40. The van der Waals surface area contributed by atoms with E-state index in [-0.39, 0.29) is 5.54 Å². The van der Waals surface area contributed by atoms with Crippen molar-refractivity contribution in [3.8, 4) is 0 Å². The van der Waals surface area contributed by atoms with Crippen molar-refractivity contribution in [1.29, 1.82) is 0 Å². The average molecular weight is 271 g/mol. The van der Waals surface area contributed by atoms with Crippen LogP contribution in [0.2, 0.25) is 0 Å². The normalized spacial score (nSPS) is 21.6. The molecule has 1 aliphatic rings. The van der Waals surface area contributed by atoms with Gasteiger partial charge >= 0.3 is 0 Å². The maximum absolute atomic E-state index is 6.41. The predicted molar refractivity (Wildman–Crippen MR) is 86.7 cm³/mol. The summed E-state index contributed by atoms with van der Waals surface area (Å²) in [5, 5.41) is 0. The largest absolute Gasteiger partial charge is 0.399 e. The third-order valence-corrected chi connectivity index (χ3v) is 3.92. The van der Waals surface area contributed by atoms with Gasteiger partial charge in [-0.2, -0.15) is 0 Å². The molecular formula is C17H25N3. The third kappa shape index (κ3) is 3.42. The highest BCUT2D eigenvalue weighted by Gasteiger charge is 2.23. The molecule has 0 aromatic heterocycles. The Balaban J connectivity index is 2.06. The van der Waals surface area contributed by atoms with Gasteiger partial charge in [-0.3, -0.25) is 0 Å². The van der Waals surface area contributed by atoms with E-state index in [9.17, 15) is 0 Å². The number of allylic oxidation sites excluding steroid dienone is 1. The maximum atomic E-state index is 6.41. The lowest BCUT2D eigenvalue weighted by Gasteiger charge is -2.28. The summed E-state index contributed by atoms with van der Waals surface area (Å²) in [7, 11) is 0. The Bertz CT molecular complexity index is 497. The molecule has 3 heteroatoms. The number of rotatable bonds is 5. The van der Waals surface area contributed by atoms with Crippen LogP contribution in [0.5, 0.6) is 0 Å². The summed E-state index contributed by atoms with van der Waals surface area (Å²) in [5.41, 5.74) is 15.2. The Kier molecular flexibility index (Phi) is 4.50. The van der Waals surface area contributed by atoms with Crippen LogP contribution in [0, 0.1) is 0 Å². The molecule has 3 nitrogen and oxygen atoms in total. The van der Waals surface area contributed by atoms with E-state index in [2.05, 4.69) is 43.0 Å². The van der Waals surface area contributed by atoms with Crippen LogP contribution in [0.1, 0.15) is 25.8 Å². The van der Waals surface area contributed by atoms with Crippen molar-refractivity contribution in [1.82, 2.24) is 0 Å². The molecule has 0 bridgehead atoms. The molecule has 0 radical (unpaired) electrons. The van der Waals surface area contributed by atoms with Gasteiger partial charge in [0, 0.05) is 30.0 Å². The van der Waals surface area contributed by atoms with Crippen molar-refractivity contribution in [3.63, 3.8) is 0 Å². The van der Waals surface area contributed by atoms with Crippen LogP contribution >= 0.6 is 0 Å². The van der Waals surface area contributed by atoms with E-state index in [1.807, 2.05) is 18.2 Å². The summed E-state index contributed by atoms with van der Waals surface area (Å²) in [6, 6.07) is 8.72. The van der Waals surface area contributed by atoms with Gasteiger partial charge in [-0.15, -0.1) is 0 Å². The Morgan fingerprint density at radius 2 is 1.80 bits per heavy atom. The lowest BCUT2D eigenvalue weighted by molar-refractivity contribution is 0.525. The molecule has 20 heavy (non-hydrogen) atoms. The zero-order valence-corrected chi connectivity index (χ0v) is 12.5. The van der Waals surface area contributed by atoms with Crippen LogP contribution in [-0.4, -0.2) is 18.6 Å². The molecule has 2 rings (SSSR count). The smallest absolute Gasteiger partial charge is 0.0419 e. The van der Waals surface area contributed by atoms with Gasteiger partial charge in [-0.1, -0.05) is 24.3 Å². The van der Waals surface area contributed by atoms with Crippen molar-refractivity contribution < 1.29 is 0 Å². The van der Waals surface area contributed by atoms with E-state index in [1.165, 1.54) is 11.3 Å². The molecule has 0 saturated carbocycles. The minimum absolute atomic E-state index is 0.306. The summed E-state index contributed by atoms with van der Waals surface area (Å²) in [6.45, 7) is 6.42. The minimum Gasteiger partial charge on any atom is -0.399 e. The molecule has 1 aromatic rings. The van der Waals surface area contributed by atoms with Crippen molar-refractivity contribution >= 4 is 5.69 Å². The third-order valence-electron chi connectivity index (χ3n) is 3.92. The molecule has 1 aromatic carbocycles. The zero-order valence-electron chi connectivity index (χ0n) is 12.5. The second kappa shape index (κ2) is 6.14. The Hall–Kier alpha value is -1.74. The van der Waals surface area contributed by atoms with Gasteiger partial charge in [0.1, 0.15) is 0 Å². The first kappa shape index (κ1) is 14.7. The molecule has 0 heterocycles. The first-order valence-electron chi connectivity index (χ1n) is 7.34. The first-order chi connectivity index (χ1) is 9.56. The molecule has 0 saturated heterocycles. The molecule has 1 unspecified atom stereocenters. The highest BCUT2D eigenvalue weighted by Crippen LogP contribution is 2.23. The van der Waals surface area contributed by atoms with Crippen molar-refractivity contribution in [2.24, 2.45) is 11.5 Å². The number of anilines is 1.